The number of hydrogen-bond donors (Lipinski definition) is 0. The van der Waals surface area contributed by atoms with Gasteiger partial charge in [-0.1, -0.05) is 18.2 Å². The number of para-hydroxylation sites is 1. The van der Waals surface area contributed by atoms with E-state index in [1.165, 1.54) is 6.07 Å². The van der Waals surface area contributed by atoms with Crippen LogP contribution in [0.1, 0.15) is 49.2 Å². The van der Waals surface area contributed by atoms with Crippen molar-refractivity contribution in [1.29, 1.82) is 0 Å². The molecule has 5 rings (SSSR count). The van der Waals surface area contributed by atoms with Crippen LogP contribution in [0.2, 0.25) is 0 Å². The van der Waals surface area contributed by atoms with Crippen molar-refractivity contribution in [3.05, 3.63) is 89.0 Å². The van der Waals surface area contributed by atoms with Crippen LogP contribution >= 0.6 is 0 Å². The molecule has 0 N–H and O–H groups in total. The Morgan fingerprint density at radius 2 is 1.76 bits per heavy atom. The van der Waals surface area contributed by atoms with Crippen molar-refractivity contribution in [3.8, 4) is 17.2 Å². The van der Waals surface area contributed by atoms with Crippen LogP contribution < -0.4 is 14.2 Å². The highest BCUT2D eigenvalue weighted by Crippen LogP contribution is 2.50. The normalized spacial score (nSPS) is 18.8. The molecule has 170 valence electrons. The van der Waals surface area contributed by atoms with Gasteiger partial charge in [0.2, 0.25) is 6.23 Å². The maximum absolute atomic E-state index is 14.1. The first-order chi connectivity index (χ1) is 16.1. The number of ether oxygens (including phenoxy) is 3. The molecule has 2 aliphatic rings. The highest BCUT2D eigenvalue weighted by molar-refractivity contribution is 6.02. The van der Waals surface area contributed by atoms with Gasteiger partial charge in [0.1, 0.15) is 5.75 Å². The van der Waals surface area contributed by atoms with Gasteiger partial charge in [0.05, 0.1) is 25.0 Å². The van der Waals surface area contributed by atoms with Gasteiger partial charge in [-0.2, -0.15) is 5.10 Å². The van der Waals surface area contributed by atoms with Crippen LogP contribution in [0.15, 0.2) is 65.8 Å². The van der Waals surface area contributed by atoms with Crippen LogP contribution in [-0.4, -0.2) is 23.9 Å². The summed E-state index contributed by atoms with van der Waals surface area (Å²) in [4.78, 5) is 0. The summed E-state index contributed by atoms with van der Waals surface area (Å²) in [5, 5.41) is 6.70. The van der Waals surface area contributed by atoms with Gasteiger partial charge in [-0.05, 0) is 61.9 Å². The van der Waals surface area contributed by atoms with Crippen molar-refractivity contribution in [1.82, 2.24) is 5.01 Å². The Hall–Kier alpha value is -3.61. The van der Waals surface area contributed by atoms with Crippen molar-refractivity contribution >= 4 is 5.71 Å². The van der Waals surface area contributed by atoms with E-state index < -0.39 is 17.9 Å². The molecule has 0 aliphatic carbocycles. The van der Waals surface area contributed by atoms with Crippen molar-refractivity contribution in [2.24, 2.45) is 5.10 Å². The second-order valence-electron chi connectivity index (χ2n) is 7.86. The van der Waals surface area contributed by atoms with E-state index in [9.17, 15) is 8.78 Å². The lowest BCUT2D eigenvalue weighted by Crippen LogP contribution is -2.34. The fraction of sp³-hybridized carbons (Fsp3) is 0.269. The maximum atomic E-state index is 14.1. The average Bonchev–Trinajstić information content (AvgIpc) is 3.27. The summed E-state index contributed by atoms with van der Waals surface area (Å²) in [5.41, 5.74) is 3.28. The monoisotopic (exact) mass is 450 g/mol. The highest BCUT2D eigenvalue weighted by atomic mass is 19.2. The lowest BCUT2D eigenvalue weighted by molar-refractivity contribution is -0.0214. The minimum Gasteiger partial charge on any atom is -0.494 e. The minimum absolute atomic E-state index is 0.131. The summed E-state index contributed by atoms with van der Waals surface area (Å²) in [6.07, 6.45) is -0.0838. The predicted molar refractivity (Wildman–Crippen MR) is 121 cm³/mol. The van der Waals surface area contributed by atoms with Crippen LogP contribution in [0.25, 0.3) is 0 Å². The molecule has 2 atom stereocenters. The molecule has 0 unspecified atom stereocenters. The third-order valence-electron chi connectivity index (χ3n) is 5.81. The highest BCUT2D eigenvalue weighted by Gasteiger charge is 2.42. The molecular formula is C26H24F2N2O3. The zero-order valence-corrected chi connectivity index (χ0v) is 18.4. The van der Waals surface area contributed by atoms with Gasteiger partial charge in [0, 0.05) is 17.5 Å². The topological polar surface area (TPSA) is 43.3 Å². The maximum Gasteiger partial charge on any atom is 0.214 e. The Bertz CT molecular complexity index is 1200. The zero-order valence-electron chi connectivity index (χ0n) is 18.4. The summed E-state index contributed by atoms with van der Waals surface area (Å²) < 4.78 is 45.4. The van der Waals surface area contributed by atoms with Crippen molar-refractivity contribution < 1.29 is 23.0 Å². The molecule has 7 heteroatoms. The molecule has 0 amide bonds. The van der Waals surface area contributed by atoms with Crippen LogP contribution in [0.4, 0.5) is 8.78 Å². The fourth-order valence-electron chi connectivity index (χ4n) is 4.32. The van der Waals surface area contributed by atoms with E-state index in [1.54, 1.807) is 0 Å². The van der Waals surface area contributed by atoms with Gasteiger partial charge in [0.15, 0.2) is 23.1 Å². The Morgan fingerprint density at radius 1 is 0.970 bits per heavy atom. The molecule has 0 saturated carbocycles. The Labute approximate surface area is 191 Å². The van der Waals surface area contributed by atoms with Gasteiger partial charge < -0.3 is 14.2 Å². The van der Waals surface area contributed by atoms with Gasteiger partial charge >= 0.3 is 0 Å². The van der Waals surface area contributed by atoms with Gasteiger partial charge in [-0.25, -0.2) is 13.8 Å². The van der Waals surface area contributed by atoms with Crippen LogP contribution in [0, 0.1) is 11.6 Å². The summed E-state index contributed by atoms with van der Waals surface area (Å²) in [6, 6.07) is 17.2. The Balaban J connectivity index is 1.57. The molecule has 2 heterocycles. The molecule has 3 aromatic rings. The predicted octanol–water partition coefficient (Wildman–Crippen LogP) is 6.00. The second kappa shape index (κ2) is 8.73. The molecule has 33 heavy (non-hydrogen) atoms. The fourth-order valence-corrected chi connectivity index (χ4v) is 4.32. The molecule has 0 aromatic heterocycles. The van der Waals surface area contributed by atoms with Crippen LogP contribution in [0.3, 0.4) is 0 Å². The summed E-state index contributed by atoms with van der Waals surface area (Å²) in [7, 11) is 0. The first-order valence-corrected chi connectivity index (χ1v) is 11.1. The number of hydrogen-bond acceptors (Lipinski definition) is 5. The van der Waals surface area contributed by atoms with Crippen molar-refractivity contribution in [2.75, 3.05) is 13.2 Å². The number of nitrogens with zero attached hydrogens (tertiary/aromatic N) is 2. The molecule has 0 saturated heterocycles. The van der Waals surface area contributed by atoms with E-state index in [0.29, 0.717) is 36.7 Å². The van der Waals surface area contributed by atoms with Gasteiger partial charge in [0.25, 0.3) is 0 Å². The molecule has 0 bridgehead atoms. The van der Waals surface area contributed by atoms with E-state index in [1.807, 2.05) is 61.3 Å². The van der Waals surface area contributed by atoms with Crippen LogP contribution in [-0.2, 0) is 0 Å². The first-order valence-electron chi connectivity index (χ1n) is 11.1. The molecule has 2 aliphatic heterocycles. The molecular weight excluding hydrogens is 426 g/mol. The number of hydrazone groups is 1. The van der Waals surface area contributed by atoms with Gasteiger partial charge in [-0.3, -0.25) is 0 Å². The SMILES string of the molecule is CCOc1ccc(C2=NN3[C@H](C2)c2cccc(OCC)c2O[C@H]3c2ccc(F)c(F)c2)cc1. The quantitative estimate of drug-likeness (QED) is 0.462. The minimum atomic E-state index is -0.925. The molecule has 0 fully saturated rings. The first kappa shape index (κ1) is 21.2. The third-order valence-corrected chi connectivity index (χ3v) is 5.81. The lowest BCUT2D eigenvalue weighted by Gasteiger charge is -2.38. The average molecular weight is 450 g/mol. The third kappa shape index (κ3) is 3.88. The standard InChI is InChI=1S/C26H24F2N2O3/c1-3-31-18-11-8-16(9-12-18)22-15-23-19-6-5-7-24(32-4-2)25(19)33-26(30(23)29-22)17-10-13-20(27)21(28)14-17/h5-14,23,26H,3-4,15H2,1-2H3/t23-,26+/m1/s1. The summed E-state index contributed by atoms with van der Waals surface area (Å²) >= 11 is 0. The number of rotatable bonds is 6. The van der Waals surface area contributed by atoms with Crippen LogP contribution in [0.5, 0.6) is 17.2 Å². The number of halogens is 2. The smallest absolute Gasteiger partial charge is 0.214 e. The van der Waals surface area contributed by atoms with Gasteiger partial charge in [-0.15, -0.1) is 0 Å². The number of benzene rings is 3. The molecule has 0 radical (unpaired) electrons. The largest absolute Gasteiger partial charge is 0.494 e. The Morgan fingerprint density at radius 3 is 2.48 bits per heavy atom. The van der Waals surface area contributed by atoms with E-state index in [4.69, 9.17) is 19.3 Å². The Kier molecular flexibility index (Phi) is 5.62. The van der Waals surface area contributed by atoms with E-state index in [-0.39, 0.29) is 6.04 Å². The van der Waals surface area contributed by atoms with E-state index in [0.717, 1.165) is 34.7 Å². The summed E-state index contributed by atoms with van der Waals surface area (Å²) in [5.74, 6) is 0.204. The molecule has 0 spiro atoms. The zero-order chi connectivity index (χ0) is 22.9. The summed E-state index contributed by atoms with van der Waals surface area (Å²) in [6.45, 7) is 4.93. The molecule has 3 aromatic carbocycles. The number of fused-ring (bicyclic) bond motifs is 3. The van der Waals surface area contributed by atoms with Crippen molar-refractivity contribution in [2.45, 2.75) is 32.5 Å². The second-order valence-corrected chi connectivity index (χ2v) is 7.86. The van der Waals surface area contributed by atoms with E-state index in [2.05, 4.69) is 0 Å². The molecule has 5 nitrogen and oxygen atoms in total. The van der Waals surface area contributed by atoms with E-state index >= 15 is 0 Å². The lowest BCUT2D eigenvalue weighted by atomic mass is 9.95. The van der Waals surface area contributed by atoms with Crippen molar-refractivity contribution in [3.63, 3.8) is 0 Å².